The number of benzene rings is 1. The van der Waals surface area contributed by atoms with Gasteiger partial charge in [0.1, 0.15) is 0 Å². The number of hydrogen-bond donors (Lipinski definition) is 1. The Hall–Kier alpha value is -1.48. The number of nitrogens with zero attached hydrogens (tertiary/aromatic N) is 1. The highest BCUT2D eigenvalue weighted by atomic mass is 35.5. The summed E-state index contributed by atoms with van der Waals surface area (Å²) in [6.45, 7) is 2.01. The van der Waals surface area contributed by atoms with Crippen LogP contribution in [0.1, 0.15) is 12.6 Å². The molecular weight excluding hydrogens is 212 g/mol. The summed E-state index contributed by atoms with van der Waals surface area (Å²) in [6.07, 6.45) is 0.790. The van der Waals surface area contributed by atoms with Crippen LogP contribution in [-0.2, 0) is 6.42 Å². The van der Waals surface area contributed by atoms with Crippen molar-refractivity contribution in [3.63, 3.8) is 0 Å². The zero-order valence-corrected chi connectivity index (χ0v) is 9.08. The molecule has 0 bridgehead atoms. The van der Waals surface area contributed by atoms with Gasteiger partial charge in [-0.05, 0) is 30.7 Å². The highest BCUT2D eigenvalue weighted by molar-refractivity contribution is 6.30. The van der Waals surface area contributed by atoms with Gasteiger partial charge in [0.05, 0.1) is 5.69 Å². The molecule has 0 saturated carbocycles. The van der Waals surface area contributed by atoms with E-state index in [9.17, 15) is 0 Å². The predicted molar refractivity (Wildman–Crippen MR) is 60.7 cm³/mol. The third-order valence-electron chi connectivity index (χ3n) is 2.16. The summed E-state index contributed by atoms with van der Waals surface area (Å²) < 4.78 is 5.36. The lowest BCUT2D eigenvalue weighted by Crippen LogP contribution is -1.85. The van der Waals surface area contributed by atoms with E-state index in [1.807, 2.05) is 31.2 Å². The fraction of sp³-hybridized carbons (Fsp3) is 0.182. The summed E-state index contributed by atoms with van der Waals surface area (Å²) in [6, 6.07) is 7.62. The van der Waals surface area contributed by atoms with Crippen LogP contribution in [0.2, 0.25) is 5.02 Å². The molecule has 0 amide bonds. The number of aromatic nitrogens is 1. The van der Waals surface area contributed by atoms with E-state index in [1.54, 1.807) is 0 Å². The molecule has 0 saturated heterocycles. The third-order valence-corrected chi connectivity index (χ3v) is 2.41. The van der Waals surface area contributed by atoms with E-state index in [-0.39, 0.29) is 6.01 Å². The molecule has 0 atom stereocenters. The van der Waals surface area contributed by atoms with Crippen molar-refractivity contribution in [3.8, 4) is 11.3 Å². The molecule has 0 radical (unpaired) electrons. The minimum Gasteiger partial charge on any atom is -0.423 e. The van der Waals surface area contributed by atoms with Crippen molar-refractivity contribution in [2.75, 3.05) is 5.73 Å². The van der Waals surface area contributed by atoms with Gasteiger partial charge >= 0.3 is 0 Å². The van der Waals surface area contributed by atoms with Gasteiger partial charge in [0.15, 0.2) is 5.76 Å². The second-order valence-electron chi connectivity index (χ2n) is 3.19. The first-order valence-corrected chi connectivity index (χ1v) is 5.09. The standard InChI is InChI=1S/C11H11ClN2O/c1-2-9-10(15-11(13)14-9)7-3-5-8(12)6-4-7/h3-6H,2H2,1H3,(H2,13,14). The van der Waals surface area contributed by atoms with E-state index in [1.165, 1.54) is 0 Å². The van der Waals surface area contributed by atoms with Gasteiger partial charge in [-0.2, -0.15) is 4.98 Å². The Bertz CT molecular complexity index is 462. The quantitative estimate of drug-likeness (QED) is 0.849. The number of aryl methyl sites for hydroxylation is 1. The number of hydrogen-bond acceptors (Lipinski definition) is 3. The zero-order chi connectivity index (χ0) is 10.8. The van der Waals surface area contributed by atoms with Crippen molar-refractivity contribution in [2.45, 2.75) is 13.3 Å². The lowest BCUT2D eigenvalue weighted by molar-refractivity contribution is 0.593. The Morgan fingerprint density at radius 2 is 2.00 bits per heavy atom. The van der Waals surface area contributed by atoms with Gasteiger partial charge in [0.25, 0.3) is 6.01 Å². The van der Waals surface area contributed by atoms with Gasteiger partial charge in [0, 0.05) is 10.6 Å². The molecule has 1 aromatic carbocycles. The molecule has 0 aliphatic rings. The Morgan fingerprint density at radius 1 is 1.33 bits per heavy atom. The van der Waals surface area contributed by atoms with Crippen LogP contribution in [0.15, 0.2) is 28.7 Å². The van der Waals surface area contributed by atoms with Crippen LogP contribution < -0.4 is 5.73 Å². The van der Waals surface area contributed by atoms with Crippen molar-refractivity contribution in [1.29, 1.82) is 0 Å². The van der Waals surface area contributed by atoms with Gasteiger partial charge in [-0.3, -0.25) is 0 Å². The molecule has 0 aliphatic carbocycles. The molecule has 0 unspecified atom stereocenters. The maximum atomic E-state index is 5.81. The number of anilines is 1. The lowest BCUT2D eigenvalue weighted by atomic mass is 10.1. The number of oxazole rings is 1. The van der Waals surface area contributed by atoms with E-state index in [2.05, 4.69) is 4.98 Å². The molecule has 1 aromatic heterocycles. The van der Waals surface area contributed by atoms with Crippen molar-refractivity contribution >= 4 is 17.6 Å². The van der Waals surface area contributed by atoms with Gasteiger partial charge in [-0.15, -0.1) is 0 Å². The largest absolute Gasteiger partial charge is 0.423 e. The first-order valence-electron chi connectivity index (χ1n) is 4.72. The Labute approximate surface area is 92.9 Å². The average Bonchev–Trinajstić information content (AvgIpc) is 2.61. The number of nitrogens with two attached hydrogens (primary N) is 1. The summed E-state index contributed by atoms with van der Waals surface area (Å²) in [5, 5.41) is 0.698. The molecule has 15 heavy (non-hydrogen) atoms. The normalized spacial score (nSPS) is 10.5. The third kappa shape index (κ3) is 1.97. The Balaban J connectivity index is 2.48. The fourth-order valence-electron chi connectivity index (χ4n) is 1.44. The molecule has 2 N–H and O–H groups in total. The predicted octanol–water partition coefficient (Wildman–Crippen LogP) is 3.14. The summed E-state index contributed by atoms with van der Waals surface area (Å²) >= 11 is 5.81. The summed E-state index contributed by atoms with van der Waals surface area (Å²) in [5.74, 6) is 0.728. The first kappa shape index (κ1) is 10.1. The van der Waals surface area contributed by atoms with Crippen LogP contribution in [0, 0.1) is 0 Å². The zero-order valence-electron chi connectivity index (χ0n) is 8.33. The monoisotopic (exact) mass is 222 g/mol. The second kappa shape index (κ2) is 3.95. The van der Waals surface area contributed by atoms with Crippen LogP contribution >= 0.6 is 11.6 Å². The van der Waals surface area contributed by atoms with Crippen LogP contribution in [0.5, 0.6) is 0 Å². The van der Waals surface area contributed by atoms with Crippen molar-refractivity contribution in [3.05, 3.63) is 35.0 Å². The number of halogens is 1. The maximum absolute atomic E-state index is 5.81. The molecular formula is C11H11ClN2O. The van der Waals surface area contributed by atoms with E-state index in [0.717, 1.165) is 23.4 Å². The minimum atomic E-state index is 0.205. The first-order chi connectivity index (χ1) is 7.20. The molecule has 4 heteroatoms. The number of rotatable bonds is 2. The van der Waals surface area contributed by atoms with Gasteiger partial charge in [0.2, 0.25) is 0 Å². The van der Waals surface area contributed by atoms with E-state index in [0.29, 0.717) is 5.02 Å². The lowest BCUT2D eigenvalue weighted by Gasteiger charge is -1.98. The van der Waals surface area contributed by atoms with E-state index >= 15 is 0 Å². The average molecular weight is 223 g/mol. The molecule has 0 fully saturated rings. The number of nitrogen functional groups attached to an aromatic ring is 1. The van der Waals surface area contributed by atoms with Crippen molar-refractivity contribution in [2.24, 2.45) is 0 Å². The summed E-state index contributed by atoms with van der Waals surface area (Å²) in [4.78, 5) is 4.11. The summed E-state index contributed by atoms with van der Waals surface area (Å²) in [7, 11) is 0. The van der Waals surface area contributed by atoms with Crippen LogP contribution in [0.3, 0.4) is 0 Å². The molecule has 3 nitrogen and oxygen atoms in total. The molecule has 2 aromatic rings. The highest BCUT2D eigenvalue weighted by Crippen LogP contribution is 2.27. The Kier molecular flexibility index (Phi) is 2.64. The molecule has 78 valence electrons. The second-order valence-corrected chi connectivity index (χ2v) is 3.62. The minimum absolute atomic E-state index is 0.205. The van der Waals surface area contributed by atoms with Crippen molar-refractivity contribution < 1.29 is 4.42 Å². The molecule has 2 rings (SSSR count). The molecule has 1 heterocycles. The van der Waals surface area contributed by atoms with Crippen LogP contribution in [0.25, 0.3) is 11.3 Å². The SMILES string of the molecule is CCc1nc(N)oc1-c1ccc(Cl)cc1. The van der Waals surface area contributed by atoms with Crippen LogP contribution in [0.4, 0.5) is 6.01 Å². The van der Waals surface area contributed by atoms with E-state index in [4.69, 9.17) is 21.8 Å². The topological polar surface area (TPSA) is 52.0 Å². The van der Waals surface area contributed by atoms with E-state index < -0.39 is 0 Å². The Morgan fingerprint density at radius 3 is 2.60 bits per heavy atom. The van der Waals surface area contributed by atoms with Crippen molar-refractivity contribution in [1.82, 2.24) is 4.98 Å². The van der Waals surface area contributed by atoms with Gasteiger partial charge in [-0.1, -0.05) is 18.5 Å². The smallest absolute Gasteiger partial charge is 0.292 e. The molecule has 0 spiro atoms. The summed E-state index contributed by atoms with van der Waals surface area (Å²) in [5.41, 5.74) is 7.33. The van der Waals surface area contributed by atoms with Crippen LogP contribution in [-0.4, -0.2) is 4.98 Å². The fourth-order valence-corrected chi connectivity index (χ4v) is 1.56. The molecule has 0 aliphatic heterocycles. The maximum Gasteiger partial charge on any atom is 0.292 e. The highest BCUT2D eigenvalue weighted by Gasteiger charge is 2.11. The van der Waals surface area contributed by atoms with Gasteiger partial charge < -0.3 is 10.2 Å². The van der Waals surface area contributed by atoms with Gasteiger partial charge in [-0.25, -0.2) is 0 Å².